The minimum atomic E-state index is 0.502. The molecule has 2 N–H and O–H groups in total. The lowest BCUT2D eigenvalue weighted by atomic mass is 9.98. The summed E-state index contributed by atoms with van der Waals surface area (Å²) >= 11 is 0. The van der Waals surface area contributed by atoms with Gasteiger partial charge in [0, 0.05) is 25.0 Å². The van der Waals surface area contributed by atoms with Gasteiger partial charge in [0.05, 0.1) is 0 Å². The van der Waals surface area contributed by atoms with Gasteiger partial charge in [0.15, 0.2) is 0 Å². The van der Waals surface area contributed by atoms with E-state index < -0.39 is 0 Å². The normalized spacial score (nSPS) is 21.9. The predicted octanol–water partition coefficient (Wildman–Crippen LogP) is 2.17. The predicted molar refractivity (Wildman–Crippen MR) is 74.7 cm³/mol. The third kappa shape index (κ3) is 2.99. The number of rotatable bonds is 4. The Labute approximate surface area is 110 Å². The van der Waals surface area contributed by atoms with Crippen molar-refractivity contribution >= 4 is 5.95 Å². The average Bonchev–Trinajstić information content (AvgIpc) is 2.46. The van der Waals surface area contributed by atoms with Gasteiger partial charge in [-0.2, -0.15) is 0 Å². The van der Waals surface area contributed by atoms with Crippen LogP contribution < -0.4 is 10.6 Å². The van der Waals surface area contributed by atoms with E-state index in [2.05, 4.69) is 23.7 Å². The van der Waals surface area contributed by atoms with Crippen molar-refractivity contribution in [3.8, 4) is 0 Å². The number of hydrogen-bond donors (Lipinski definition) is 1. The Kier molecular flexibility index (Phi) is 4.53. The highest BCUT2D eigenvalue weighted by molar-refractivity contribution is 5.31. The number of anilines is 1. The average molecular weight is 248 g/mol. The zero-order valence-corrected chi connectivity index (χ0v) is 11.5. The molecule has 0 bridgehead atoms. The van der Waals surface area contributed by atoms with Crippen LogP contribution in [-0.2, 0) is 0 Å². The van der Waals surface area contributed by atoms with Gasteiger partial charge in [-0.1, -0.05) is 13.8 Å². The largest absolute Gasteiger partial charge is 0.340 e. The Balaban J connectivity index is 2.12. The van der Waals surface area contributed by atoms with Crippen LogP contribution in [0.5, 0.6) is 0 Å². The van der Waals surface area contributed by atoms with Crippen LogP contribution in [0.1, 0.15) is 44.7 Å². The molecule has 1 aliphatic heterocycles. The van der Waals surface area contributed by atoms with Crippen LogP contribution in [0.25, 0.3) is 0 Å². The zero-order chi connectivity index (χ0) is 13.0. The van der Waals surface area contributed by atoms with Crippen LogP contribution in [0.2, 0.25) is 0 Å². The van der Waals surface area contributed by atoms with Gasteiger partial charge in [-0.15, -0.1) is 0 Å². The summed E-state index contributed by atoms with van der Waals surface area (Å²) < 4.78 is 0. The van der Waals surface area contributed by atoms with Crippen LogP contribution in [0, 0.1) is 5.92 Å². The summed E-state index contributed by atoms with van der Waals surface area (Å²) in [6.07, 6.45) is 5.43. The Morgan fingerprint density at radius 3 is 3.11 bits per heavy atom. The smallest absolute Gasteiger partial charge is 0.225 e. The summed E-state index contributed by atoms with van der Waals surface area (Å²) in [7, 11) is 0. The van der Waals surface area contributed by atoms with Crippen molar-refractivity contribution in [2.45, 2.75) is 39.0 Å². The molecule has 1 aromatic heterocycles. The Hall–Kier alpha value is -1.16. The number of piperidine rings is 1. The van der Waals surface area contributed by atoms with E-state index in [9.17, 15) is 0 Å². The van der Waals surface area contributed by atoms with Crippen LogP contribution >= 0.6 is 0 Å². The van der Waals surface area contributed by atoms with E-state index in [1.807, 2.05) is 12.3 Å². The van der Waals surface area contributed by atoms with Gasteiger partial charge in [-0.25, -0.2) is 9.97 Å². The van der Waals surface area contributed by atoms with Crippen LogP contribution in [0.3, 0.4) is 0 Å². The molecule has 1 saturated heterocycles. The van der Waals surface area contributed by atoms with Gasteiger partial charge in [0.1, 0.15) is 0 Å². The quantitative estimate of drug-likeness (QED) is 0.887. The Morgan fingerprint density at radius 2 is 2.39 bits per heavy atom. The number of nitrogens with zero attached hydrogens (tertiary/aromatic N) is 3. The summed E-state index contributed by atoms with van der Waals surface area (Å²) in [6, 6.07) is 2.03. The molecular weight excluding hydrogens is 224 g/mol. The van der Waals surface area contributed by atoms with Gasteiger partial charge in [0.2, 0.25) is 5.95 Å². The van der Waals surface area contributed by atoms with Crippen molar-refractivity contribution in [2.75, 3.05) is 24.5 Å². The summed E-state index contributed by atoms with van der Waals surface area (Å²) in [5, 5.41) is 0. The molecule has 0 amide bonds. The molecule has 0 radical (unpaired) electrons. The van der Waals surface area contributed by atoms with Gasteiger partial charge < -0.3 is 10.6 Å². The van der Waals surface area contributed by atoms with Crippen molar-refractivity contribution in [1.29, 1.82) is 0 Å². The first-order valence-electron chi connectivity index (χ1n) is 7.02. The second-order valence-corrected chi connectivity index (χ2v) is 5.28. The van der Waals surface area contributed by atoms with E-state index in [4.69, 9.17) is 10.7 Å². The van der Waals surface area contributed by atoms with Gasteiger partial charge in [-0.3, -0.25) is 0 Å². The lowest BCUT2D eigenvalue weighted by molar-refractivity contribution is 0.419. The molecule has 1 aliphatic rings. The molecule has 100 valence electrons. The summed E-state index contributed by atoms with van der Waals surface area (Å²) in [5.74, 6) is 1.97. The molecule has 0 spiro atoms. The van der Waals surface area contributed by atoms with Gasteiger partial charge >= 0.3 is 0 Å². The first-order valence-corrected chi connectivity index (χ1v) is 7.02. The maximum atomic E-state index is 5.78. The maximum absolute atomic E-state index is 5.78. The molecule has 2 unspecified atom stereocenters. The number of nitrogens with two attached hydrogens (primary N) is 1. The van der Waals surface area contributed by atoms with E-state index >= 15 is 0 Å². The lowest BCUT2D eigenvalue weighted by Crippen LogP contribution is -2.39. The molecule has 0 aliphatic carbocycles. The minimum Gasteiger partial charge on any atom is -0.340 e. The molecule has 2 atom stereocenters. The van der Waals surface area contributed by atoms with Crippen molar-refractivity contribution in [2.24, 2.45) is 11.7 Å². The minimum absolute atomic E-state index is 0.502. The van der Waals surface area contributed by atoms with Gasteiger partial charge in [0.25, 0.3) is 0 Å². The second kappa shape index (κ2) is 6.14. The number of aromatic nitrogens is 2. The summed E-state index contributed by atoms with van der Waals surface area (Å²) in [5.41, 5.74) is 6.93. The summed E-state index contributed by atoms with van der Waals surface area (Å²) in [6.45, 7) is 7.23. The van der Waals surface area contributed by atoms with E-state index in [1.54, 1.807) is 0 Å². The molecule has 4 nitrogen and oxygen atoms in total. The molecule has 0 aromatic carbocycles. The maximum Gasteiger partial charge on any atom is 0.225 e. The molecule has 18 heavy (non-hydrogen) atoms. The zero-order valence-electron chi connectivity index (χ0n) is 11.5. The summed E-state index contributed by atoms with van der Waals surface area (Å²) in [4.78, 5) is 11.4. The first-order chi connectivity index (χ1) is 8.74. The standard InChI is InChI=1S/C14H24N4/c1-3-11(2)13-6-7-16-14(17-13)18-8-4-5-12(9-15)10-18/h6-7,11-12H,3-5,8-10,15H2,1-2H3. The third-order valence-electron chi connectivity index (χ3n) is 3.92. The highest BCUT2D eigenvalue weighted by atomic mass is 15.3. The van der Waals surface area contributed by atoms with Crippen molar-refractivity contribution in [3.05, 3.63) is 18.0 Å². The molecule has 0 saturated carbocycles. The van der Waals surface area contributed by atoms with Crippen molar-refractivity contribution in [3.63, 3.8) is 0 Å². The Morgan fingerprint density at radius 1 is 1.56 bits per heavy atom. The van der Waals surface area contributed by atoms with Gasteiger partial charge in [-0.05, 0) is 43.7 Å². The van der Waals surface area contributed by atoms with Crippen LogP contribution in [0.15, 0.2) is 12.3 Å². The fraction of sp³-hybridized carbons (Fsp3) is 0.714. The molecule has 1 aromatic rings. The molecule has 2 rings (SSSR count). The van der Waals surface area contributed by atoms with Crippen LogP contribution in [-0.4, -0.2) is 29.6 Å². The van der Waals surface area contributed by atoms with E-state index in [0.717, 1.165) is 37.7 Å². The SMILES string of the molecule is CCC(C)c1ccnc(N2CCCC(CN)C2)n1. The molecular formula is C14H24N4. The Bertz CT molecular complexity index is 380. The fourth-order valence-corrected chi connectivity index (χ4v) is 2.44. The third-order valence-corrected chi connectivity index (χ3v) is 3.92. The second-order valence-electron chi connectivity index (χ2n) is 5.28. The van der Waals surface area contributed by atoms with Crippen molar-refractivity contribution in [1.82, 2.24) is 9.97 Å². The van der Waals surface area contributed by atoms with E-state index in [0.29, 0.717) is 11.8 Å². The molecule has 2 heterocycles. The fourth-order valence-electron chi connectivity index (χ4n) is 2.44. The van der Waals surface area contributed by atoms with E-state index in [-0.39, 0.29) is 0 Å². The van der Waals surface area contributed by atoms with E-state index in [1.165, 1.54) is 12.8 Å². The highest BCUT2D eigenvalue weighted by Gasteiger charge is 2.21. The lowest BCUT2D eigenvalue weighted by Gasteiger charge is -2.32. The van der Waals surface area contributed by atoms with Crippen molar-refractivity contribution < 1.29 is 0 Å². The van der Waals surface area contributed by atoms with Crippen LogP contribution in [0.4, 0.5) is 5.95 Å². The molecule has 1 fully saturated rings. The topological polar surface area (TPSA) is 55.0 Å². The molecule has 4 heteroatoms. The highest BCUT2D eigenvalue weighted by Crippen LogP contribution is 2.22. The first kappa shape index (κ1) is 13.3. The monoisotopic (exact) mass is 248 g/mol. The number of hydrogen-bond acceptors (Lipinski definition) is 4.